The zero-order valence-electron chi connectivity index (χ0n) is 12.3. The Labute approximate surface area is 141 Å². The first-order chi connectivity index (χ1) is 10.3. The molecule has 0 spiro atoms. The van der Waals surface area contributed by atoms with Gasteiger partial charge in [-0.15, -0.1) is 6.58 Å². The van der Waals surface area contributed by atoms with Crippen LogP contribution in [0, 0.1) is 9.49 Å². The zero-order valence-corrected chi connectivity index (χ0v) is 14.4. The van der Waals surface area contributed by atoms with Crippen molar-refractivity contribution in [1.29, 1.82) is 0 Å². The zero-order chi connectivity index (χ0) is 14.7. The molecule has 0 heterocycles. The lowest BCUT2D eigenvalue weighted by Gasteiger charge is -2.27. The summed E-state index contributed by atoms with van der Waals surface area (Å²) >= 11 is 2.35. The van der Waals surface area contributed by atoms with Crippen LogP contribution in [-0.2, 0) is 0 Å². The molecular formula is C20H21I. The summed E-state index contributed by atoms with van der Waals surface area (Å²) in [6.45, 7) is 3.93. The van der Waals surface area contributed by atoms with Crippen molar-refractivity contribution in [1.82, 2.24) is 0 Å². The van der Waals surface area contributed by atoms with Crippen molar-refractivity contribution in [2.24, 2.45) is 5.92 Å². The highest BCUT2D eigenvalue weighted by Gasteiger charge is 2.20. The van der Waals surface area contributed by atoms with Gasteiger partial charge in [-0.2, -0.15) is 0 Å². The van der Waals surface area contributed by atoms with Crippen LogP contribution < -0.4 is 0 Å². The molecule has 1 saturated carbocycles. The molecule has 0 bridgehead atoms. The van der Waals surface area contributed by atoms with Crippen molar-refractivity contribution in [3.05, 3.63) is 70.3 Å². The van der Waals surface area contributed by atoms with Crippen LogP contribution in [0.15, 0.2) is 61.2 Å². The molecule has 0 nitrogen and oxygen atoms in total. The Hall–Kier alpha value is -1.09. The van der Waals surface area contributed by atoms with E-state index in [1.54, 1.807) is 0 Å². The van der Waals surface area contributed by atoms with Crippen LogP contribution in [-0.4, -0.2) is 0 Å². The molecule has 2 aromatic rings. The summed E-state index contributed by atoms with van der Waals surface area (Å²) < 4.78 is 1.28. The van der Waals surface area contributed by atoms with Crippen molar-refractivity contribution in [2.45, 2.75) is 31.6 Å². The van der Waals surface area contributed by atoms with Gasteiger partial charge in [0.1, 0.15) is 0 Å². The lowest BCUT2D eigenvalue weighted by Crippen LogP contribution is -2.11. The van der Waals surface area contributed by atoms with E-state index in [4.69, 9.17) is 0 Å². The molecule has 0 N–H and O–H groups in total. The van der Waals surface area contributed by atoms with Gasteiger partial charge in [0.25, 0.3) is 0 Å². The van der Waals surface area contributed by atoms with E-state index in [0.29, 0.717) is 0 Å². The van der Waals surface area contributed by atoms with Gasteiger partial charge in [-0.1, -0.05) is 42.5 Å². The summed E-state index contributed by atoms with van der Waals surface area (Å²) in [5.74, 6) is 1.49. The molecule has 0 aromatic heterocycles. The molecule has 1 fully saturated rings. The van der Waals surface area contributed by atoms with Crippen LogP contribution in [0.1, 0.15) is 37.2 Å². The smallest absolute Gasteiger partial charge is 0.0130 e. The maximum atomic E-state index is 3.93. The van der Waals surface area contributed by atoms with Crippen LogP contribution in [0.25, 0.3) is 11.1 Å². The fourth-order valence-electron chi connectivity index (χ4n) is 3.28. The van der Waals surface area contributed by atoms with Crippen LogP contribution in [0.5, 0.6) is 0 Å². The summed E-state index contributed by atoms with van der Waals surface area (Å²) in [6, 6.07) is 17.9. The third-order valence-electron chi connectivity index (χ3n) is 4.66. The number of hydrogen-bond acceptors (Lipinski definition) is 0. The number of allylic oxidation sites excluding steroid dienone is 1. The van der Waals surface area contributed by atoms with Gasteiger partial charge in [-0.05, 0) is 88.9 Å². The minimum atomic E-state index is 0.743. The highest BCUT2D eigenvalue weighted by Crippen LogP contribution is 2.36. The maximum Gasteiger partial charge on any atom is 0.0130 e. The number of rotatable bonds is 3. The van der Waals surface area contributed by atoms with E-state index < -0.39 is 0 Å². The first-order valence-corrected chi connectivity index (χ1v) is 8.82. The molecule has 0 amide bonds. The van der Waals surface area contributed by atoms with Gasteiger partial charge in [-0.3, -0.25) is 0 Å². The number of halogens is 1. The van der Waals surface area contributed by atoms with E-state index in [2.05, 4.69) is 83.8 Å². The van der Waals surface area contributed by atoms with Gasteiger partial charge in [0.2, 0.25) is 0 Å². The van der Waals surface area contributed by atoms with Crippen LogP contribution in [0.2, 0.25) is 0 Å². The Bertz CT molecular complexity index is 587. The van der Waals surface area contributed by atoms with E-state index in [9.17, 15) is 0 Å². The molecule has 0 radical (unpaired) electrons. The highest BCUT2D eigenvalue weighted by atomic mass is 127. The Morgan fingerprint density at radius 1 is 0.810 bits per heavy atom. The monoisotopic (exact) mass is 388 g/mol. The lowest BCUT2D eigenvalue weighted by atomic mass is 9.78. The lowest BCUT2D eigenvalue weighted by molar-refractivity contribution is 0.376. The molecule has 0 saturated heterocycles. The second kappa shape index (κ2) is 6.78. The molecule has 3 rings (SSSR count). The van der Waals surface area contributed by atoms with Crippen molar-refractivity contribution >= 4 is 22.6 Å². The van der Waals surface area contributed by atoms with E-state index >= 15 is 0 Å². The van der Waals surface area contributed by atoms with E-state index in [1.165, 1.54) is 45.9 Å². The second-order valence-electron chi connectivity index (χ2n) is 5.98. The molecule has 21 heavy (non-hydrogen) atoms. The molecule has 1 aliphatic carbocycles. The molecule has 2 aromatic carbocycles. The number of benzene rings is 2. The van der Waals surface area contributed by atoms with Gasteiger partial charge < -0.3 is 0 Å². The summed E-state index contributed by atoms with van der Waals surface area (Å²) in [5, 5.41) is 0. The average molecular weight is 388 g/mol. The topological polar surface area (TPSA) is 0 Å². The Balaban J connectivity index is 1.72. The van der Waals surface area contributed by atoms with Crippen molar-refractivity contribution in [3.63, 3.8) is 0 Å². The van der Waals surface area contributed by atoms with Crippen LogP contribution in [0.4, 0.5) is 0 Å². The van der Waals surface area contributed by atoms with Gasteiger partial charge in [0, 0.05) is 3.57 Å². The highest BCUT2D eigenvalue weighted by molar-refractivity contribution is 14.1. The minimum Gasteiger partial charge on any atom is -0.103 e. The van der Waals surface area contributed by atoms with E-state index in [0.717, 1.165) is 11.8 Å². The first kappa shape index (κ1) is 14.8. The van der Waals surface area contributed by atoms with Crippen molar-refractivity contribution in [2.75, 3.05) is 0 Å². The van der Waals surface area contributed by atoms with Crippen LogP contribution in [0.3, 0.4) is 0 Å². The SMILES string of the molecule is C=CC1CCC(c2ccc(-c3ccc(I)cc3)cc2)CC1. The Morgan fingerprint density at radius 2 is 1.33 bits per heavy atom. The molecule has 0 aliphatic heterocycles. The average Bonchev–Trinajstić information content (AvgIpc) is 2.56. The van der Waals surface area contributed by atoms with Crippen molar-refractivity contribution in [3.8, 4) is 11.1 Å². The summed E-state index contributed by atoms with van der Waals surface area (Å²) in [5.41, 5.74) is 4.12. The molecule has 0 unspecified atom stereocenters. The van der Waals surface area contributed by atoms with Gasteiger partial charge in [0.05, 0.1) is 0 Å². The van der Waals surface area contributed by atoms with Gasteiger partial charge in [-0.25, -0.2) is 0 Å². The predicted molar refractivity (Wildman–Crippen MR) is 99.5 cm³/mol. The summed E-state index contributed by atoms with van der Waals surface area (Å²) in [4.78, 5) is 0. The number of hydrogen-bond donors (Lipinski definition) is 0. The first-order valence-electron chi connectivity index (χ1n) is 7.74. The largest absolute Gasteiger partial charge is 0.103 e. The quantitative estimate of drug-likeness (QED) is 0.421. The minimum absolute atomic E-state index is 0.743. The standard InChI is InChI=1S/C20H21I/c1-2-15-3-5-16(6-4-15)17-7-9-18(10-8-17)19-11-13-20(21)14-12-19/h2,7-16H,1,3-6H2. The predicted octanol–water partition coefficient (Wildman–Crippen LogP) is 6.42. The van der Waals surface area contributed by atoms with Gasteiger partial charge in [0.15, 0.2) is 0 Å². The summed E-state index contributed by atoms with van der Waals surface area (Å²) in [6.07, 6.45) is 7.34. The molecule has 1 heteroatoms. The van der Waals surface area contributed by atoms with E-state index in [1.807, 2.05) is 0 Å². The molecular weight excluding hydrogens is 367 g/mol. The third-order valence-corrected chi connectivity index (χ3v) is 5.38. The van der Waals surface area contributed by atoms with Crippen LogP contribution >= 0.6 is 22.6 Å². The second-order valence-corrected chi connectivity index (χ2v) is 7.22. The molecule has 0 atom stereocenters. The summed E-state index contributed by atoms with van der Waals surface area (Å²) in [7, 11) is 0. The van der Waals surface area contributed by atoms with Crippen molar-refractivity contribution < 1.29 is 0 Å². The Morgan fingerprint density at radius 3 is 1.86 bits per heavy atom. The maximum absolute atomic E-state index is 3.93. The normalized spacial score (nSPS) is 22.0. The molecule has 1 aliphatic rings. The van der Waals surface area contributed by atoms with Gasteiger partial charge >= 0.3 is 0 Å². The third kappa shape index (κ3) is 3.57. The Kier molecular flexibility index (Phi) is 4.79. The molecule has 108 valence electrons. The fourth-order valence-corrected chi connectivity index (χ4v) is 3.64. The fraction of sp³-hybridized carbons (Fsp3) is 0.300. The van der Waals surface area contributed by atoms with E-state index in [-0.39, 0.29) is 0 Å².